The molecule has 1 fully saturated rings. The fourth-order valence-electron chi connectivity index (χ4n) is 2.13. The Balaban J connectivity index is 2.55. The molecule has 1 saturated heterocycles. The SMILES string of the molecule is CNC(=O)NC(=O)C(C)N1CCCC(C(C)=O)C1. The van der Waals surface area contributed by atoms with Crippen molar-refractivity contribution in [3.05, 3.63) is 0 Å². The van der Waals surface area contributed by atoms with Crippen LogP contribution in [0.25, 0.3) is 0 Å². The van der Waals surface area contributed by atoms with E-state index in [-0.39, 0.29) is 17.6 Å². The van der Waals surface area contributed by atoms with Gasteiger partial charge >= 0.3 is 6.03 Å². The van der Waals surface area contributed by atoms with Crippen molar-refractivity contribution in [1.82, 2.24) is 15.5 Å². The van der Waals surface area contributed by atoms with Crippen LogP contribution in [0.2, 0.25) is 0 Å². The van der Waals surface area contributed by atoms with Crippen LogP contribution in [0.3, 0.4) is 0 Å². The number of ketones is 1. The number of rotatable bonds is 3. The van der Waals surface area contributed by atoms with E-state index in [2.05, 4.69) is 10.6 Å². The van der Waals surface area contributed by atoms with Crippen LogP contribution in [0, 0.1) is 5.92 Å². The third kappa shape index (κ3) is 3.80. The summed E-state index contributed by atoms with van der Waals surface area (Å²) in [6.45, 7) is 4.72. The molecule has 0 aromatic carbocycles. The zero-order valence-electron chi connectivity index (χ0n) is 11.2. The van der Waals surface area contributed by atoms with E-state index < -0.39 is 12.1 Å². The Bertz CT molecular complexity index is 343. The van der Waals surface area contributed by atoms with E-state index in [0.29, 0.717) is 6.54 Å². The topological polar surface area (TPSA) is 78.5 Å². The van der Waals surface area contributed by atoms with Crippen LogP contribution in [0.5, 0.6) is 0 Å². The predicted molar refractivity (Wildman–Crippen MR) is 67.0 cm³/mol. The Kier molecular flexibility index (Phi) is 5.27. The van der Waals surface area contributed by atoms with Crippen LogP contribution in [0.4, 0.5) is 4.79 Å². The maximum atomic E-state index is 11.8. The summed E-state index contributed by atoms with van der Waals surface area (Å²) in [5, 5.41) is 4.59. The van der Waals surface area contributed by atoms with Gasteiger partial charge in [-0.15, -0.1) is 0 Å². The summed E-state index contributed by atoms with van der Waals surface area (Å²) in [7, 11) is 1.46. The van der Waals surface area contributed by atoms with Crippen LogP contribution in [-0.4, -0.2) is 48.8 Å². The Morgan fingerprint density at radius 2 is 2.00 bits per heavy atom. The second-order valence-electron chi connectivity index (χ2n) is 4.69. The number of hydrogen-bond acceptors (Lipinski definition) is 4. The summed E-state index contributed by atoms with van der Waals surface area (Å²) in [5.41, 5.74) is 0. The molecule has 3 amide bonds. The maximum absolute atomic E-state index is 11.8. The lowest BCUT2D eigenvalue weighted by Crippen LogP contribution is -2.52. The molecule has 0 radical (unpaired) electrons. The van der Waals surface area contributed by atoms with E-state index in [0.717, 1.165) is 19.4 Å². The molecular weight excluding hydrogens is 234 g/mol. The number of amides is 3. The summed E-state index contributed by atoms with van der Waals surface area (Å²) in [6.07, 6.45) is 1.79. The van der Waals surface area contributed by atoms with Gasteiger partial charge in [0, 0.05) is 19.5 Å². The molecule has 0 spiro atoms. The van der Waals surface area contributed by atoms with E-state index in [1.807, 2.05) is 4.90 Å². The molecule has 2 unspecified atom stereocenters. The quantitative estimate of drug-likeness (QED) is 0.751. The minimum absolute atomic E-state index is 0.00833. The van der Waals surface area contributed by atoms with Crippen LogP contribution in [0.1, 0.15) is 26.7 Å². The minimum Gasteiger partial charge on any atom is -0.341 e. The van der Waals surface area contributed by atoms with Crippen molar-refractivity contribution in [3.8, 4) is 0 Å². The molecule has 0 bridgehead atoms. The lowest BCUT2D eigenvalue weighted by molar-refractivity contribution is -0.128. The van der Waals surface area contributed by atoms with Gasteiger partial charge in [-0.1, -0.05) is 0 Å². The number of nitrogens with one attached hydrogen (secondary N) is 2. The molecule has 0 aromatic heterocycles. The second-order valence-corrected chi connectivity index (χ2v) is 4.69. The van der Waals surface area contributed by atoms with Crippen molar-refractivity contribution in [2.24, 2.45) is 5.92 Å². The summed E-state index contributed by atoms with van der Waals surface area (Å²) < 4.78 is 0. The maximum Gasteiger partial charge on any atom is 0.321 e. The fraction of sp³-hybridized carbons (Fsp3) is 0.750. The molecule has 102 valence electrons. The number of urea groups is 1. The first-order valence-electron chi connectivity index (χ1n) is 6.22. The molecule has 0 aromatic rings. The third-order valence-corrected chi connectivity index (χ3v) is 3.42. The van der Waals surface area contributed by atoms with Gasteiger partial charge in [-0.3, -0.25) is 19.8 Å². The normalized spacial score (nSPS) is 22.1. The van der Waals surface area contributed by atoms with Gasteiger partial charge in [0.2, 0.25) is 5.91 Å². The predicted octanol–water partition coefficient (Wildman–Crippen LogP) is 0.131. The van der Waals surface area contributed by atoms with Gasteiger partial charge in [0.15, 0.2) is 0 Å². The monoisotopic (exact) mass is 255 g/mol. The zero-order valence-corrected chi connectivity index (χ0v) is 11.2. The molecule has 18 heavy (non-hydrogen) atoms. The first-order valence-corrected chi connectivity index (χ1v) is 6.22. The first kappa shape index (κ1) is 14.6. The number of nitrogens with zero attached hydrogens (tertiary/aromatic N) is 1. The van der Waals surface area contributed by atoms with Crippen LogP contribution in [-0.2, 0) is 9.59 Å². The minimum atomic E-state index is -0.507. The van der Waals surface area contributed by atoms with Gasteiger partial charge in [-0.05, 0) is 33.2 Å². The van der Waals surface area contributed by atoms with Crippen molar-refractivity contribution >= 4 is 17.7 Å². The Morgan fingerprint density at radius 3 is 2.56 bits per heavy atom. The number of imide groups is 1. The average molecular weight is 255 g/mol. The van der Waals surface area contributed by atoms with Crippen molar-refractivity contribution in [1.29, 1.82) is 0 Å². The molecule has 6 nitrogen and oxygen atoms in total. The van der Waals surface area contributed by atoms with Gasteiger partial charge in [0.25, 0.3) is 0 Å². The smallest absolute Gasteiger partial charge is 0.321 e. The molecular formula is C12H21N3O3. The van der Waals surface area contributed by atoms with Crippen LogP contribution < -0.4 is 10.6 Å². The Hall–Kier alpha value is -1.43. The highest BCUT2D eigenvalue weighted by Gasteiger charge is 2.29. The van der Waals surface area contributed by atoms with E-state index >= 15 is 0 Å². The molecule has 2 atom stereocenters. The van der Waals surface area contributed by atoms with Crippen molar-refractivity contribution in [2.45, 2.75) is 32.7 Å². The molecule has 0 aliphatic carbocycles. The van der Waals surface area contributed by atoms with Crippen molar-refractivity contribution < 1.29 is 14.4 Å². The highest BCUT2D eigenvalue weighted by atomic mass is 16.2. The highest BCUT2D eigenvalue weighted by molar-refractivity contribution is 5.96. The van der Waals surface area contributed by atoms with Crippen LogP contribution >= 0.6 is 0 Å². The second kappa shape index (κ2) is 6.49. The molecule has 0 saturated carbocycles. The number of piperidine rings is 1. The summed E-state index contributed by atoms with van der Waals surface area (Å²) in [6, 6.07) is -0.906. The average Bonchev–Trinajstić information content (AvgIpc) is 2.37. The fourth-order valence-corrected chi connectivity index (χ4v) is 2.13. The molecule has 1 rings (SSSR count). The van der Waals surface area contributed by atoms with Crippen molar-refractivity contribution in [3.63, 3.8) is 0 Å². The highest BCUT2D eigenvalue weighted by Crippen LogP contribution is 2.19. The molecule has 1 heterocycles. The van der Waals surface area contributed by atoms with E-state index in [4.69, 9.17) is 0 Å². The summed E-state index contributed by atoms with van der Waals surface area (Å²) >= 11 is 0. The van der Waals surface area contributed by atoms with Crippen LogP contribution in [0.15, 0.2) is 0 Å². The lowest BCUT2D eigenvalue weighted by atomic mass is 9.93. The molecule has 6 heteroatoms. The number of Topliss-reactive ketones (excluding diaryl/α,β-unsaturated/α-hetero) is 1. The number of likely N-dealkylation sites (tertiary alicyclic amines) is 1. The Labute approximate surface area is 107 Å². The van der Waals surface area contributed by atoms with E-state index in [1.54, 1.807) is 13.8 Å². The lowest BCUT2D eigenvalue weighted by Gasteiger charge is -2.34. The van der Waals surface area contributed by atoms with Gasteiger partial charge in [0.1, 0.15) is 5.78 Å². The zero-order chi connectivity index (χ0) is 13.7. The largest absolute Gasteiger partial charge is 0.341 e. The van der Waals surface area contributed by atoms with E-state index in [1.165, 1.54) is 7.05 Å². The van der Waals surface area contributed by atoms with Crippen molar-refractivity contribution in [2.75, 3.05) is 20.1 Å². The number of carbonyl (C=O) groups excluding carboxylic acids is 3. The third-order valence-electron chi connectivity index (χ3n) is 3.42. The first-order chi connectivity index (χ1) is 8.45. The van der Waals surface area contributed by atoms with Gasteiger partial charge in [-0.25, -0.2) is 4.79 Å². The molecule has 1 aliphatic heterocycles. The van der Waals surface area contributed by atoms with Gasteiger partial charge in [0.05, 0.1) is 6.04 Å². The molecule has 1 aliphatic rings. The van der Waals surface area contributed by atoms with Gasteiger partial charge < -0.3 is 5.32 Å². The Morgan fingerprint density at radius 1 is 1.33 bits per heavy atom. The summed E-state index contributed by atoms with van der Waals surface area (Å²) in [5.74, 6) is -0.161. The number of carbonyl (C=O) groups is 3. The van der Waals surface area contributed by atoms with Gasteiger partial charge in [-0.2, -0.15) is 0 Å². The molecule has 2 N–H and O–H groups in total. The standard InChI is InChI=1S/C12H21N3O3/c1-8(11(17)14-12(18)13-3)15-6-4-5-10(7-15)9(2)16/h8,10H,4-7H2,1-3H3,(H2,13,14,17,18). The summed E-state index contributed by atoms with van der Waals surface area (Å²) in [4.78, 5) is 36.2. The van der Waals surface area contributed by atoms with E-state index in [9.17, 15) is 14.4 Å². The number of hydrogen-bond donors (Lipinski definition) is 2.